The minimum absolute atomic E-state index is 0.348. The highest BCUT2D eigenvalue weighted by molar-refractivity contribution is 7.15. The Kier molecular flexibility index (Phi) is 4.23. The molecule has 2 heterocycles. The van der Waals surface area contributed by atoms with Crippen LogP contribution >= 0.6 is 11.3 Å². The second kappa shape index (κ2) is 5.95. The van der Waals surface area contributed by atoms with Gasteiger partial charge in [0.25, 0.3) is 0 Å². The van der Waals surface area contributed by atoms with Crippen LogP contribution in [0.4, 0.5) is 5.13 Å². The summed E-state index contributed by atoms with van der Waals surface area (Å²) in [5.41, 5.74) is 0.348. The lowest BCUT2D eigenvalue weighted by Gasteiger charge is -2.45. The topological polar surface area (TPSA) is 44.3 Å². The Morgan fingerprint density at radius 2 is 1.85 bits per heavy atom. The fourth-order valence-electron chi connectivity index (χ4n) is 3.53. The van der Waals surface area contributed by atoms with Crippen LogP contribution in [0.25, 0.3) is 0 Å². The van der Waals surface area contributed by atoms with Crippen LogP contribution in [0, 0.1) is 6.92 Å². The molecule has 5 nitrogen and oxygen atoms in total. The molecule has 1 aromatic rings. The van der Waals surface area contributed by atoms with E-state index < -0.39 is 0 Å². The first-order valence-electron chi connectivity index (χ1n) is 7.66. The molecule has 0 aromatic carbocycles. The molecule has 112 valence electrons. The first kappa shape index (κ1) is 14.2. The highest BCUT2D eigenvalue weighted by atomic mass is 32.1. The Hall–Kier alpha value is -0.720. The highest BCUT2D eigenvalue weighted by Crippen LogP contribution is 2.36. The lowest BCUT2D eigenvalue weighted by atomic mass is 9.94. The van der Waals surface area contributed by atoms with E-state index in [0.717, 1.165) is 16.7 Å². The van der Waals surface area contributed by atoms with E-state index in [2.05, 4.69) is 32.4 Å². The van der Waals surface area contributed by atoms with Gasteiger partial charge in [0.15, 0.2) is 0 Å². The maximum atomic E-state index is 4.20. The molecule has 2 aliphatic rings. The molecular formula is C14H25N5S. The van der Waals surface area contributed by atoms with Gasteiger partial charge in [0.2, 0.25) is 5.13 Å². The van der Waals surface area contributed by atoms with Gasteiger partial charge >= 0.3 is 0 Å². The van der Waals surface area contributed by atoms with Gasteiger partial charge in [-0.05, 0) is 26.8 Å². The molecule has 2 fully saturated rings. The Labute approximate surface area is 125 Å². The van der Waals surface area contributed by atoms with Crippen LogP contribution < -0.4 is 5.32 Å². The number of piperazine rings is 1. The number of rotatable bonds is 4. The van der Waals surface area contributed by atoms with Crippen molar-refractivity contribution < 1.29 is 0 Å². The third-order valence-corrected chi connectivity index (χ3v) is 5.60. The van der Waals surface area contributed by atoms with Crippen LogP contribution in [0.1, 0.15) is 30.7 Å². The maximum Gasteiger partial charge on any atom is 0.205 e. The van der Waals surface area contributed by atoms with Crippen molar-refractivity contribution in [2.45, 2.75) is 38.1 Å². The minimum Gasteiger partial charge on any atom is -0.358 e. The Morgan fingerprint density at radius 3 is 2.45 bits per heavy atom. The third-order valence-electron chi connectivity index (χ3n) is 4.80. The number of hydrogen-bond donors (Lipinski definition) is 1. The van der Waals surface area contributed by atoms with E-state index in [9.17, 15) is 0 Å². The highest BCUT2D eigenvalue weighted by Gasteiger charge is 2.40. The van der Waals surface area contributed by atoms with Crippen LogP contribution in [0.3, 0.4) is 0 Å². The summed E-state index contributed by atoms with van der Waals surface area (Å²) in [5, 5.41) is 13.8. The third kappa shape index (κ3) is 2.97. The smallest absolute Gasteiger partial charge is 0.205 e. The zero-order valence-electron chi connectivity index (χ0n) is 12.6. The largest absolute Gasteiger partial charge is 0.358 e. The molecule has 1 saturated heterocycles. The fraction of sp³-hybridized carbons (Fsp3) is 0.857. The number of nitrogens with zero attached hydrogens (tertiary/aromatic N) is 4. The predicted octanol–water partition coefficient (Wildman–Crippen LogP) is 1.82. The molecule has 0 atom stereocenters. The molecule has 1 aliphatic carbocycles. The monoisotopic (exact) mass is 295 g/mol. The van der Waals surface area contributed by atoms with Gasteiger partial charge in [0.1, 0.15) is 5.01 Å². The Balaban J connectivity index is 1.65. The molecule has 0 radical (unpaired) electrons. The van der Waals surface area contributed by atoms with Gasteiger partial charge < -0.3 is 10.2 Å². The summed E-state index contributed by atoms with van der Waals surface area (Å²) in [6.07, 6.45) is 5.37. The van der Waals surface area contributed by atoms with E-state index in [1.165, 1.54) is 51.9 Å². The quantitative estimate of drug-likeness (QED) is 0.918. The molecule has 1 aliphatic heterocycles. The van der Waals surface area contributed by atoms with Gasteiger partial charge in [-0.1, -0.05) is 24.2 Å². The van der Waals surface area contributed by atoms with Gasteiger partial charge in [0, 0.05) is 38.3 Å². The molecule has 0 unspecified atom stereocenters. The lowest BCUT2D eigenvalue weighted by Crippen LogP contribution is -2.58. The summed E-state index contributed by atoms with van der Waals surface area (Å²) in [5.74, 6) is 0. The van der Waals surface area contributed by atoms with Crippen molar-refractivity contribution in [2.24, 2.45) is 0 Å². The second-order valence-electron chi connectivity index (χ2n) is 6.20. The average molecular weight is 295 g/mol. The SMILES string of the molecule is Cc1nnc(NCC2(N3CCN(C)CC3)CCCC2)s1. The number of nitrogens with one attached hydrogen (secondary N) is 1. The van der Waals surface area contributed by atoms with Crippen molar-refractivity contribution in [2.75, 3.05) is 45.1 Å². The van der Waals surface area contributed by atoms with Crippen molar-refractivity contribution in [3.8, 4) is 0 Å². The van der Waals surface area contributed by atoms with Gasteiger partial charge in [-0.25, -0.2) is 0 Å². The van der Waals surface area contributed by atoms with Crippen LogP contribution in [0.2, 0.25) is 0 Å². The first-order valence-corrected chi connectivity index (χ1v) is 8.47. The molecule has 1 saturated carbocycles. The zero-order valence-corrected chi connectivity index (χ0v) is 13.4. The van der Waals surface area contributed by atoms with E-state index >= 15 is 0 Å². The van der Waals surface area contributed by atoms with Crippen LogP contribution in [0.15, 0.2) is 0 Å². The van der Waals surface area contributed by atoms with Gasteiger partial charge in [0.05, 0.1) is 0 Å². The van der Waals surface area contributed by atoms with E-state index in [4.69, 9.17) is 0 Å². The van der Waals surface area contributed by atoms with Gasteiger partial charge in [-0.3, -0.25) is 4.90 Å². The summed E-state index contributed by atoms with van der Waals surface area (Å²) in [6.45, 7) is 7.82. The molecule has 6 heteroatoms. The fourth-order valence-corrected chi connectivity index (χ4v) is 4.11. The number of likely N-dealkylation sites (N-methyl/N-ethyl adjacent to an activating group) is 1. The predicted molar refractivity (Wildman–Crippen MR) is 83.4 cm³/mol. The molecule has 0 amide bonds. The zero-order chi connectivity index (χ0) is 14.0. The number of aromatic nitrogens is 2. The molecule has 3 rings (SSSR count). The lowest BCUT2D eigenvalue weighted by molar-refractivity contribution is 0.0511. The molecule has 0 spiro atoms. The maximum absolute atomic E-state index is 4.20. The number of anilines is 1. The van der Waals surface area contributed by atoms with Crippen LogP contribution in [0.5, 0.6) is 0 Å². The van der Waals surface area contributed by atoms with Crippen molar-refractivity contribution >= 4 is 16.5 Å². The molecular weight excluding hydrogens is 270 g/mol. The number of hydrogen-bond acceptors (Lipinski definition) is 6. The van der Waals surface area contributed by atoms with Crippen molar-refractivity contribution in [1.29, 1.82) is 0 Å². The van der Waals surface area contributed by atoms with Crippen LogP contribution in [-0.2, 0) is 0 Å². The summed E-state index contributed by atoms with van der Waals surface area (Å²) in [4.78, 5) is 5.15. The first-order chi connectivity index (χ1) is 9.68. The van der Waals surface area contributed by atoms with Crippen molar-refractivity contribution in [1.82, 2.24) is 20.0 Å². The van der Waals surface area contributed by atoms with Gasteiger partial charge in [-0.2, -0.15) is 0 Å². The summed E-state index contributed by atoms with van der Waals surface area (Å²) >= 11 is 1.66. The van der Waals surface area contributed by atoms with E-state index in [1.54, 1.807) is 11.3 Å². The minimum atomic E-state index is 0.348. The van der Waals surface area contributed by atoms with Crippen molar-refractivity contribution in [3.05, 3.63) is 5.01 Å². The number of aryl methyl sites for hydroxylation is 1. The Bertz CT molecular complexity index is 433. The molecule has 1 N–H and O–H groups in total. The van der Waals surface area contributed by atoms with E-state index in [0.29, 0.717) is 5.54 Å². The average Bonchev–Trinajstić information content (AvgIpc) is 3.07. The summed E-state index contributed by atoms with van der Waals surface area (Å²) in [7, 11) is 2.22. The standard InChI is InChI=1S/C14H25N5S/c1-12-16-17-13(20-12)15-11-14(5-3-4-6-14)19-9-7-18(2)8-10-19/h3-11H2,1-2H3,(H,15,17). The molecule has 20 heavy (non-hydrogen) atoms. The Morgan fingerprint density at radius 1 is 1.15 bits per heavy atom. The van der Waals surface area contributed by atoms with E-state index in [-0.39, 0.29) is 0 Å². The van der Waals surface area contributed by atoms with E-state index in [1.807, 2.05) is 6.92 Å². The molecule has 1 aromatic heterocycles. The second-order valence-corrected chi connectivity index (χ2v) is 7.38. The van der Waals surface area contributed by atoms with Gasteiger partial charge in [-0.15, -0.1) is 10.2 Å². The molecule has 0 bridgehead atoms. The van der Waals surface area contributed by atoms with Crippen molar-refractivity contribution in [3.63, 3.8) is 0 Å². The summed E-state index contributed by atoms with van der Waals surface area (Å²) in [6, 6.07) is 0. The van der Waals surface area contributed by atoms with Crippen LogP contribution in [-0.4, -0.2) is 65.3 Å². The summed E-state index contributed by atoms with van der Waals surface area (Å²) < 4.78 is 0. The normalized spacial score (nSPS) is 24.1.